The Morgan fingerprint density at radius 1 is 1.47 bits per heavy atom. The Hall–Kier alpha value is -2.63. The molecule has 3 aromatic rings. The Morgan fingerprint density at radius 3 is 3.00 bits per heavy atom. The van der Waals surface area contributed by atoms with Crippen molar-refractivity contribution in [1.29, 1.82) is 0 Å². The lowest BCUT2D eigenvalue weighted by molar-refractivity contribution is 0.0697. The molecule has 96 valence electrons. The molecule has 0 saturated carbocycles. The molecule has 0 unspecified atom stereocenters. The fraction of sp³-hybridized carbons (Fsp3) is 0.0769. The number of hydrogen-bond acceptors (Lipinski definition) is 3. The van der Waals surface area contributed by atoms with Crippen molar-refractivity contribution in [2.45, 2.75) is 0 Å². The summed E-state index contributed by atoms with van der Waals surface area (Å²) in [5.74, 6) is -1.38. The molecule has 0 saturated heterocycles. The highest BCUT2D eigenvalue weighted by atomic mass is 19.1. The zero-order valence-corrected chi connectivity index (χ0v) is 9.92. The van der Waals surface area contributed by atoms with Crippen LogP contribution < -0.4 is 0 Å². The molecule has 2 heterocycles. The first-order valence-electron chi connectivity index (χ1n) is 5.51. The van der Waals surface area contributed by atoms with Crippen LogP contribution in [-0.4, -0.2) is 20.8 Å². The number of aromatic nitrogens is 2. The van der Waals surface area contributed by atoms with Gasteiger partial charge in [-0.15, -0.1) is 0 Å². The van der Waals surface area contributed by atoms with E-state index in [1.54, 1.807) is 29.9 Å². The van der Waals surface area contributed by atoms with Gasteiger partial charge in [0.2, 0.25) is 0 Å². The topological polar surface area (TPSA) is 68.3 Å². The van der Waals surface area contributed by atoms with Crippen LogP contribution in [0, 0.1) is 5.82 Å². The van der Waals surface area contributed by atoms with E-state index in [4.69, 9.17) is 9.63 Å². The second-order valence-electron chi connectivity index (χ2n) is 4.16. The van der Waals surface area contributed by atoms with E-state index in [0.29, 0.717) is 16.5 Å². The number of carbonyl (C=O) groups is 1. The van der Waals surface area contributed by atoms with E-state index in [1.165, 1.54) is 6.07 Å². The van der Waals surface area contributed by atoms with E-state index < -0.39 is 5.97 Å². The summed E-state index contributed by atoms with van der Waals surface area (Å²) < 4.78 is 20.4. The first-order valence-corrected chi connectivity index (χ1v) is 5.51. The minimum atomic E-state index is -1.13. The van der Waals surface area contributed by atoms with Crippen LogP contribution in [0.15, 0.2) is 35.1 Å². The van der Waals surface area contributed by atoms with Gasteiger partial charge in [-0.2, -0.15) is 0 Å². The Balaban J connectivity index is 2.35. The molecular weight excluding hydrogens is 251 g/mol. The summed E-state index contributed by atoms with van der Waals surface area (Å²) in [4.78, 5) is 11.1. The van der Waals surface area contributed by atoms with Gasteiger partial charge in [-0.3, -0.25) is 0 Å². The van der Waals surface area contributed by atoms with E-state index in [1.807, 2.05) is 0 Å². The molecule has 19 heavy (non-hydrogen) atoms. The highest BCUT2D eigenvalue weighted by Crippen LogP contribution is 2.33. The van der Waals surface area contributed by atoms with Gasteiger partial charge in [0.15, 0.2) is 5.76 Å². The van der Waals surface area contributed by atoms with Crippen molar-refractivity contribution in [3.63, 3.8) is 0 Å². The van der Waals surface area contributed by atoms with Crippen LogP contribution in [0.4, 0.5) is 4.39 Å². The van der Waals surface area contributed by atoms with Gasteiger partial charge in [-0.05, 0) is 6.07 Å². The van der Waals surface area contributed by atoms with E-state index in [9.17, 15) is 9.18 Å². The van der Waals surface area contributed by atoms with Gasteiger partial charge in [-0.1, -0.05) is 17.3 Å². The van der Waals surface area contributed by atoms with Gasteiger partial charge in [0.05, 0.1) is 11.7 Å². The number of halogens is 1. The molecule has 1 aromatic carbocycles. The lowest BCUT2D eigenvalue weighted by Gasteiger charge is -1.97. The number of hydrogen-bond donors (Lipinski definition) is 1. The molecule has 0 aliphatic rings. The fourth-order valence-corrected chi connectivity index (χ4v) is 2.19. The van der Waals surface area contributed by atoms with Crippen LogP contribution in [0.2, 0.25) is 0 Å². The summed E-state index contributed by atoms with van der Waals surface area (Å²) in [7, 11) is 1.69. The SMILES string of the molecule is Cn1cc(-c2oncc2C(=O)O)c2cccc(F)c21. The molecule has 0 bridgehead atoms. The van der Waals surface area contributed by atoms with Crippen molar-refractivity contribution in [2.24, 2.45) is 7.05 Å². The molecule has 0 aliphatic carbocycles. The summed E-state index contributed by atoms with van der Waals surface area (Å²) in [5.41, 5.74) is 0.855. The Kier molecular flexibility index (Phi) is 2.38. The molecule has 0 aliphatic heterocycles. The summed E-state index contributed by atoms with van der Waals surface area (Å²) in [6.07, 6.45) is 2.76. The van der Waals surface area contributed by atoms with Crippen LogP contribution in [0.5, 0.6) is 0 Å². The fourth-order valence-electron chi connectivity index (χ4n) is 2.19. The number of carboxylic acid groups (broad SMARTS) is 1. The zero-order valence-electron chi connectivity index (χ0n) is 9.92. The second kappa shape index (κ2) is 3.94. The summed E-state index contributed by atoms with van der Waals surface area (Å²) in [6, 6.07) is 4.63. The first-order chi connectivity index (χ1) is 9.09. The van der Waals surface area contributed by atoms with Crippen molar-refractivity contribution in [3.8, 4) is 11.3 Å². The minimum absolute atomic E-state index is 0.0447. The highest BCUT2D eigenvalue weighted by molar-refractivity contribution is 6.01. The van der Waals surface area contributed by atoms with Crippen LogP contribution in [0.3, 0.4) is 0 Å². The average molecular weight is 260 g/mol. The molecule has 0 amide bonds. The maximum atomic E-state index is 13.8. The van der Waals surface area contributed by atoms with E-state index >= 15 is 0 Å². The number of aromatic carboxylic acids is 1. The van der Waals surface area contributed by atoms with Crippen LogP contribution in [0.1, 0.15) is 10.4 Å². The van der Waals surface area contributed by atoms with Crippen molar-refractivity contribution in [1.82, 2.24) is 9.72 Å². The van der Waals surface area contributed by atoms with Crippen molar-refractivity contribution in [2.75, 3.05) is 0 Å². The maximum absolute atomic E-state index is 13.8. The van der Waals surface area contributed by atoms with Crippen molar-refractivity contribution >= 4 is 16.9 Å². The summed E-state index contributed by atoms with van der Waals surface area (Å²) in [5, 5.41) is 13.2. The zero-order chi connectivity index (χ0) is 13.6. The molecule has 0 radical (unpaired) electrons. The first kappa shape index (κ1) is 11.5. The minimum Gasteiger partial charge on any atom is -0.477 e. The monoisotopic (exact) mass is 260 g/mol. The Morgan fingerprint density at radius 2 is 2.26 bits per heavy atom. The van der Waals surface area contributed by atoms with Gasteiger partial charge in [0, 0.05) is 24.2 Å². The highest BCUT2D eigenvalue weighted by Gasteiger charge is 2.21. The van der Waals surface area contributed by atoms with Crippen LogP contribution >= 0.6 is 0 Å². The molecule has 6 heteroatoms. The van der Waals surface area contributed by atoms with Crippen LogP contribution in [-0.2, 0) is 7.05 Å². The van der Waals surface area contributed by atoms with Gasteiger partial charge < -0.3 is 14.2 Å². The maximum Gasteiger partial charge on any atom is 0.341 e. The molecule has 5 nitrogen and oxygen atoms in total. The van der Waals surface area contributed by atoms with Gasteiger partial charge >= 0.3 is 5.97 Å². The number of carboxylic acids is 1. The number of para-hydroxylation sites is 1. The lowest BCUT2D eigenvalue weighted by atomic mass is 10.1. The number of aryl methyl sites for hydroxylation is 1. The van der Waals surface area contributed by atoms with Crippen molar-refractivity contribution in [3.05, 3.63) is 42.0 Å². The number of rotatable bonds is 2. The molecular formula is C13H9FN2O3. The van der Waals surface area contributed by atoms with Crippen molar-refractivity contribution < 1.29 is 18.8 Å². The van der Waals surface area contributed by atoms with Gasteiger partial charge in [-0.25, -0.2) is 9.18 Å². The quantitative estimate of drug-likeness (QED) is 0.769. The van der Waals surface area contributed by atoms with E-state index in [2.05, 4.69) is 5.16 Å². The molecule has 0 fully saturated rings. The molecule has 3 rings (SSSR count). The predicted octanol–water partition coefficient (Wildman–Crippen LogP) is 2.67. The summed E-state index contributed by atoms with van der Waals surface area (Å²) in [6.45, 7) is 0. The third kappa shape index (κ3) is 1.61. The molecule has 1 N–H and O–H groups in total. The largest absolute Gasteiger partial charge is 0.477 e. The van der Waals surface area contributed by atoms with E-state index in [0.717, 1.165) is 6.20 Å². The molecule has 2 aromatic heterocycles. The number of fused-ring (bicyclic) bond motifs is 1. The van der Waals surface area contributed by atoms with Gasteiger partial charge in [0.25, 0.3) is 0 Å². The predicted molar refractivity (Wildman–Crippen MR) is 65.3 cm³/mol. The van der Waals surface area contributed by atoms with Gasteiger partial charge in [0.1, 0.15) is 11.4 Å². The second-order valence-corrected chi connectivity index (χ2v) is 4.16. The third-order valence-corrected chi connectivity index (χ3v) is 3.00. The molecule has 0 atom stereocenters. The Labute approximate surface area is 106 Å². The smallest absolute Gasteiger partial charge is 0.341 e. The third-order valence-electron chi connectivity index (χ3n) is 3.00. The lowest BCUT2D eigenvalue weighted by Crippen LogP contribution is -1.95. The standard InChI is InChI=1S/C13H9FN2O3/c1-16-6-9(7-3-2-4-10(14)11(7)16)12-8(13(17)18)5-15-19-12/h2-6H,1H3,(H,17,18). The van der Waals surface area contributed by atoms with Crippen LogP contribution in [0.25, 0.3) is 22.2 Å². The number of nitrogens with zero attached hydrogens (tertiary/aromatic N) is 2. The average Bonchev–Trinajstić information content (AvgIpc) is 2.94. The number of benzene rings is 1. The normalized spacial score (nSPS) is 11.1. The molecule has 0 spiro atoms. The summed E-state index contributed by atoms with van der Waals surface area (Å²) >= 11 is 0. The van der Waals surface area contributed by atoms with E-state index in [-0.39, 0.29) is 17.1 Å². The Bertz CT molecular complexity index is 788.